The normalized spacial score (nSPS) is 23.3. The molecule has 18 heavy (non-hydrogen) atoms. The fourth-order valence-electron chi connectivity index (χ4n) is 2.27. The molecule has 0 aromatic carbocycles. The van der Waals surface area contributed by atoms with Gasteiger partial charge in [-0.25, -0.2) is 4.79 Å². The summed E-state index contributed by atoms with van der Waals surface area (Å²) in [5.41, 5.74) is -0.878. The molecule has 1 atom stereocenters. The number of hydrogen-bond acceptors (Lipinski definition) is 3. The lowest BCUT2D eigenvalue weighted by Gasteiger charge is -2.47. The van der Waals surface area contributed by atoms with Crippen molar-refractivity contribution in [1.82, 2.24) is 10.2 Å². The Labute approximate surface area is 107 Å². The lowest BCUT2D eigenvalue weighted by molar-refractivity contribution is -0.170. The van der Waals surface area contributed by atoms with Crippen molar-refractivity contribution in [1.29, 1.82) is 0 Å². The number of nitrogens with zero attached hydrogens (tertiary/aromatic N) is 1. The predicted octanol–water partition coefficient (Wildman–Crippen LogP) is 1.06. The summed E-state index contributed by atoms with van der Waals surface area (Å²) in [7, 11) is 0. The van der Waals surface area contributed by atoms with E-state index >= 15 is 0 Å². The molecule has 0 saturated carbocycles. The maximum Gasteiger partial charge on any atom is 0.325 e. The highest BCUT2D eigenvalue weighted by Crippen LogP contribution is 2.27. The third kappa shape index (κ3) is 3.87. The number of carbonyl (C=O) groups excluding carboxylic acids is 1. The molecule has 0 aliphatic carbocycles. The molecule has 6 nitrogen and oxygen atoms in total. The first-order chi connectivity index (χ1) is 8.02. The van der Waals surface area contributed by atoms with Crippen molar-refractivity contribution in [2.75, 3.05) is 13.1 Å². The Kier molecular flexibility index (Phi) is 3.90. The molecule has 1 unspecified atom stereocenters. The van der Waals surface area contributed by atoms with Crippen LogP contribution >= 0.6 is 0 Å². The molecular formula is C12H22N2O4. The minimum absolute atomic E-state index is 0.366. The van der Waals surface area contributed by atoms with Gasteiger partial charge in [0.25, 0.3) is 0 Å². The molecule has 1 heterocycles. The lowest BCUT2D eigenvalue weighted by Crippen LogP contribution is -2.61. The number of amides is 2. The minimum Gasteiger partial charge on any atom is -0.480 e. The van der Waals surface area contributed by atoms with E-state index in [2.05, 4.69) is 5.32 Å². The third-order valence-corrected chi connectivity index (χ3v) is 2.69. The molecule has 0 aromatic heterocycles. The first-order valence-electron chi connectivity index (χ1n) is 6.01. The molecule has 1 aliphatic rings. The summed E-state index contributed by atoms with van der Waals surface area (Å²) in [6.45, 7) is 9.97. The summed E-state index contributed by atoms with van der Waals surface area (Å²) in [6, 6.07) is -1.26. The summed E-state index contributed by atoms with van der Waals surface area (Å²) in [4.78, 5) is 24.3. The summed E-state index contributed by atoms with van der Waals surface area (Å²) < 4.78 is 5.86. The molecule has 1 aliphatic heterocycles. The maximum atomic E-state index is 12.0. The zero-order valence-corrected chi connectivity index (χ0v) is 11.6. The first-order valence-corrected chi connectivity index (χ1v) is 6.01. The maximum absolute atomic E-state index is 12.0. The molecule has 1 fully saturated rings. The second-order valence-corrected chi connectivity index (χ2v) is 5.99. The van der Waals surface area contributed by atoms with E-state index in [4.69, 9.17) is 9.84 Å². The summed E-state index contributed by atoms with van der Waals surface area (Å²) in [5, 5.41) is 11.2. The third-order valence-electron chi connectivity index (χ3n) is 2.69. The van der Waals surface area contributed by atoms with E-state index in [0.29, 0.717) is 13.1 Å². The Morgan fingerprint density at radius 2 is 1.67 bits per heavy atom. The molecular weight excluding hydrogens is 236 g/mol. The summed E-state index contributed by atoms with van der Waals surface area (Å²) in [5.74, 6) is -1.05. The van der Waals surface area contributed by atoms with E-state index in [1.807, 2.05) is 27.7 Å². The molecule has 0 aromatic rings. The number of rotatable bonds is 2. The average Bonchev–Trinajstić information content (AvgIpc) is 2.12. The Balaban J connectivity index is 2.71. The highest BCUT2D eigenvalue weighted by atomic mass is 16.5. The van der Waals surface area contributed by atoms with Crippen molar-refractivity contribution in [2.45, 2.75) is 51.9 Å². The first kappa shape index (κ1) is 14.8. The molecule has 2 N–H and O–H groups in total. The van der Waals surface area contributed by atoms with E-state index < -0.39 is 23.2 Å². The SMILES string of the molecule is CC(NC(=O)N1CC(C)(C)OC(C)(C)C1)C(=O)O. The van der Waals surface area contributed by atoms with Crippen molar-refractivity contribution in [2.24, 2.45) is 0 Å². The molecule has 0 bridgehead atoms. The monoisotopic (exact) mass is 258 g/mol. The van der Waals surface area contributed by atoms with Gasteiger partial charge in [-0.3, -0.25) is 4.79 Å². The summed E-state index contributed by atoms with van der Waals surface area (Å²) >= 11 is 0. The van der Waals surface area contributed by atoms with Crippen LogP contribution in [0.25, 0.3) is 0 Å². The molecule has 2 amide bonds. The molecule has 1 rings (SSSR count). The van der Waals surface area contributed by atoms with E-state index in [1.165, 1.54) is 6.92 Å². The predicted molar refractivity (Wildman–Crippen MR) is 66.4 cm³/mol. The van der Waals surface area contributed by atoms with Crippen molar-refractivity contribution < 1.29 is 19.4 Å². The van der Waals surface area contributed by atoms with E-state index in [9.17, 15) is 9.59 Å². The lowest BCUT2D eigenvalue weighted by atomic mass is 9.99. The van der Waals surface area contributed by atoms with E-state index in [0.717, 1.165) is 0 Å². The molecule has 0 spiro atoms. The van der Waals surface area contributed by atoms with Crippen LogP contribution in [0.1, 0.15) is 34.6 Å². The second kappa shape index (κ2) is 4.76. The van der Waals surface area contributed by atoms with Gasteiger partial charge >= 0.3 is 12.0 Å². The standard InChI is InChI=1S/C12H22N2O4/c1-8(9(15)16)13-10(17)14-6-11(2,3)18-12(4,5)7-14/h8H,6-7H2,1-5H3,(H,13,17)(H,15,16). The second-order valence-electron chi connectivity index (χ2n) is 5.99. The van der Waals surface area contributed by atoms with Gasteiger partial charge in [0.15, 0.2) is 0 Å². The van der Waals surface area contributed by atoms with Gasteiger partial charge < -0.3 is 20.1 Å². The number of aliphatic carboxylic acids is 1. The van der Waals surface area contributed by atoms with Gasteiger partial charge in [-0.2, -0.15) is 0 Å². The van der Waals surface area contributed by atoms with Gasteiger partial charge in [0.05, 0.1) is 24.3 Å². The number of carboxylic acids is 1. The average molecular weight is 258 g/mol. The number of carboxylic acid groups (broad SMARTS) is 1. The van der Waals surface area contributed by atoms with E-state index in [-0.39, 0.29) is 6.03 Å². The highest BCUT2D eigenvalue weighted by molar-refractivity contribution is 5.82. The Hall–Kier alpha value is -1.30. The molecule has 0 radical (unpaired) electrons. The summed E-state index contributed by atoms with van der Waals surface area (Å²) in [6.07, 6.45) is 0. The topological polar surface area (TPSA) is 78.9 Å². The van der Waals surface area contributed by atoms with Crippen LogP contribution in [0.4, 0.5) is 4.79 Å². The number of morpholine rings is 1. The number of nitrogens with one attached hydrogen (secondary N) is 1. The molecule has 104 valence electrons. The van der Waals surface area contributed by atoms with Gasteiger partial charge in [0.1, 0.15) is 6.04 Å². The number of carbonyl (C=O) groups is 2. The van der Waals surface area contributed by atoms with Gasteiger partial charge in [-0.05, 0) is 34.6 Å². The van der Waals surface area contributed by atoms with Gasteiger partial charge in [-0.15, -0.1) is 0 Å². The van der Waals surface area contributed by atoms with Crippen molar-refractivity contribution in [3.8, 4) is 0 Å². The highest BCUT2D eigenvalue weighted by Gasteiger charge is 2.40. The largest absolute Gasteiger partial charge is 0.480 e. The van der Waals surface area contributed by atoms with Crippen LogP contribution in [0.5, 0.6) is 0 Å². The fraction of sp³-hybridized carbons (Fsp3) is 0.833. The Morgan fingerprint density at radius 3 is 2.06 bits per heavy atom. The molecule has 6 heteroatoms. The quantitative estimate of drug-likeness (QED) is 0.776. The smallest absolute Gasteiger partial charge is 0.325 e. The van der Waals surface area contributed by atoms with Crippen LogP contribution in [0.3, 0.4) is 0 Å². The van der Waals surface area contributed by atoms with Crippen LogP contribution in [-0.2, 0) is 9.53 Å². The van der Waals surface area contributed by atoms with Crippen LogP contribution < -0.4 is 5.32 Å². The Morgan fingerprint density at radius 1 is 1.22 bits per heavy atom. The van der Waals surface area contributed by atoms with Crippen LogP contribution in [-0.4, -0.2) is 52.3 Å². The van der Waals surface area contributed by atoms with Crippen LogP contribution in [0, 0.1) is 0 Å². The zero-order chi connectivity index (χ0) is 14.1. The van der Waals surface area contributed by atoms with Crippen molar-refractivity contribution >= 4 is 12.0 Å². The van der Waals surface area contributed by atoms with Gasteiger partial charge in [-0.1, -0.05) is 0 Å². The Bertz CT molecular complexity index is 336. The molecule has 1 saturated heterocycles. The van der Waals surface area contributed by atoms with Crippen molar-refractivity contribution in [3.63, 3.8) is 0 Å². The number of urea groups is 1. The van der Waals surface area contributed by atoms with Crippen LogP contribution in [0.15, 0.2) is 0 Å². The van der Waals surface area contributed by atoms with E-state index in [1.54, 1.807) is 4.90 Å². The minimum atomic E-state index is -1.05. The van der Waals surface area contributed by atoms with Gasteiger partial charge in [0.2, 0.25) is 0 Å². The zero-order valence-electron chi connectivity index (χ0n) is 11.6. The van der Waals surface area contributed by atoms with Gasteiger partial charge in [0, 0.05) is 0 Å². The number of ether oxygens (including phenoxy) is 1. The fourth-order valence-corrected chi connectivity index (χ4v) is 2.27. The number of hydrogen-bond donors (Lipinski definition) is 2. The van der Waals surface area contributed by atoms with Crippen molar-refractivity contribution in [3.05, 3.63) is 0 Å². The van der Waals surface area contributed by atoms with Crippen LogP contribution in [0.2, 0.25) is 0 Å².